The lowest BCUT2D eigenvalue weighted by molar-refractivity contribution is -0.133. The lowest BCUT2D eigenvalue weighted by Crippen LogP contribution is -2.08. The van der Waals surface area contributed by atoms with Crippen LogP contribution in [0.2, 0.25) is 0 Å². The molecule has 112 valence electrons. The van der Waals surface area contributed by atoms with Crippen LogP contribution in [0.3, 0.4) is 0 Å². The number of fused-ring (bicyclic) bond motifs is 1. The summed E-state index contributed by atoms with van der Waals surface area (Å²) in [5, 5.41) is 9.75. The summed E-state index contributed by atoms with van der Waals surface area (Å²) in [6, 6.07) is 6.47. The van der Waals surface area contributed by atoms with Gasteiger partial charge in [-0.25, -0.2) is 4.98 Å². The fourth-order valence-corrected chi connectivity index (χ4v) is 4.19. The van der Waals surface area contributed by atoms with E-state index in [4.69, 9.17) is 5.11 Å². The number of benzene rings is 1. The molecule has 1 aromatic heterocycles. The van der Waals surface area contributed by atoms with E-state index in [1.165, 1.54) is 18.2 Å². The predicted molar refractivity (Wildman–Crippen MR) is 87.8 cm³/mol. The number of hydrogen-bond donors (Lipinski definition) is 1. The zero-order valence-corrected chi connectivity index (χ0v) is 14.2. The quantitative estimate of drug-likeness (QED) is 0.815. The first-order chi connectivity index (χ1) is 10.0. The third kappa shape index (κ3) is 3.11. The highest BCUT2D eigenvalue weighted by molar-refractivity contribution is 9.10. The van der Waals surface area contributed by atoms with Gasteiger partial charge in [-0.05, 0) is 43.4 Å². The number of carboxylic acid groups (broad SMARTS) is 1. The SMILES string of the molecule is CC1CCC(n2c(SCC(=O)O)nc3ccc(Br)cc32)C1. The van der Waals surface area contributed by atoms with E-state index >= 15 is 0 Å². The fourth-order valence-electron chi connectivity index (χ4n) is 3.04. The Balaban J connectivity index is 2.05. The Morgan fingerprint density at radius 3 is 3.00 bits per heavy atom. The number of rotatable bonds is 4. The molecule has 0 bridgehead atoms. The minimum Gasteiger partial charge on any atom is -0.481 e. The second kappa shape index (κ2) is 6.01. The molecule has 1 N–H and O–H groups in total. The van der Waals surface area contributed by atoms with Gasteiger partial charge in [0.2, 0.25) is 0 Å². The van der Waals surface area contributed by atoms with Gasteiger partial charge in [-0.3, -0.25) is 4.79 Å². The maximum atomic E-state index is 10.9. The Labute approximate surface area is 136 Å². The molecular formula is C15H17BrN2O2S. The minimum atomic E-state index is -0.806. The summed E-state index contributed by atoms with van der Waals surface area (Å²) in [4.78, 5) is 15.5. The second-order valence-electron chi connectivity index (χ2n) is 5.65. The van der Waals surface area contributed by atoms with Crippen molar-refractivity contribution in [2.45, 2.75) is 37.4 Å². The molecule has 2 atom stereocenters. The van der Waals surface area contributed by atoms with E-state index in [1.807, 2.05) is 12.1 Å². The lowest BCUT2D eigenvalue weighted by Gasteiger charge is -2.16. The van der Waals surface area contributed by atoms with Crippen LogP contribution < -0.4 is 0 Å². The highest BCUT2D eigenvalue weighted by Crippen LogP contribution is 2.39. The number of halogens is 1. The first-order valence-corrected chi connectivity index (χ1v) is 8.84. The number of imidazole rings is 1. The maximum absolute atomic E-state index is 10.9. The molecule has 0 radical (unpaired) electrons. The van der Waals surface area contributed by atoms with E-state index in [-0.39, 0.29) is 5.75 Å². The lowest BCUT2D eigenvalue weighted by atomic mass is 10.1. The summed E-state index contributed by atoms with van der Waals surface area (Å²) in [5.41, 5.74) is 2.03. The van der Waals surface area contributed by atoms with Gasteiger partial charge in [-0.15, -0.1) is 0 Å². The topological polar surface area (TPSA) is 55.1 Å². The van der Waals surface area contributed by atoms with Gasteiger partial charge in [0.05, 0.1) is 16.8 Å². The fraction of sp³-hybridized carbons (Fsp3) is 0.467. The molecule has 1 aromatic carbocycles. The van der Waals surface area contributed by atoms with Gasteiger partial charge in [0.15, 0.2) is 5.16 Å². The van der Waals surface area contributed by atoms with Crippen molar-refractivity contribution >= 4 is 44.7 Å². The molecule has 1 saturated carbocycles. The van der Waals surface area contributed by atoms with Crippen LogP contribution in [-0.4, -0.2) is 26.4 Å². The average molecular weight is 369 g/mol. The van der Waals surface area contributed by atoms with Crippen LogP contribution in [0.1, 0.15) is 32.2 Å². The van der Waals surface area contributed by atoms with Gasteiger partial charge in [0.1, 0.15) is 0 Å². The van der Waals surface area contributed by atoms with Crippen LogP contribution in [0, 0.1) is 5.92 Å². The van der Waals surface area contributed by atoms with Crippen LogP contribution in [0.15, 0.2) is 27.8 Å². The summed E-state index contributed by atoms with van der Waals surface area (Å²) >= 11 is 4.83. The van der Waals surface area contributed by atoms with Crippen molar-refractivity contribution in [1.82, 2.24) is 9.55 Å². The molecule has 2 aromatic rings. The standard InChI is InChI=1S/C15H17BrN2O2S/c1-9-2-4-11(6-9)18-13-7-10(16)3-5-12(13)17-15(18)21-8-14(19)20/h3,5,7,9,11H,2,4,6,8H2,1H3,(H,19,20). The molecule has 0 amide bonds. The molecule has 3 rings (SSSR count). The summed E-state index contributed by atoms with van der Waals surface area (Å²) in [6.45, 7) is 2.28. The smallest absolute Gasteiger partial charge is 0.313 e. The molecule has 0 saturated heterocycles. The average Bonchev–Trinajstić information content (AvgIpc) is 2.99. The predicted octanol–water partition coefficient (Wildman–Crippen LogP) is 4.34. The van der Waals surface area contributed by atoms with Crippen molar-refractivity contribution in [3.05, 3.63) is 22.7 Å². The number of aliphatic carboxylic acids is 1. The summed E-state index contributed by atoms with van der Waals surface area (Å²) in [7, 11) is 0. The third-order valence-electron chi connectivity index (χ3n) is 3.98. The molecule has 0 spiro atoms. The third-order valence-corrected chi connectivity index (χ3v) is 5.41. The van der Waals surface area contributed by atoms with E-state index in [1.54, 1.807) is 0 Å². The molecule has 0 aliphatic heterocycles. The molecule has 1 aliphatic carbocycles. The number of thioether (sulfide) groups is 1. The molecule has 1 fully saturated rings. The van der Waals surface area contributed by atoms with E-state index < -0.39 is 5.97 Å². The van der Waals surface area contributed by atoms with Crippen LogP contribution in [0.5, 0.6) is 0 Å². The van der Waals surface area contributed by atoms with Crippen molar-refractivity contribution in [3.8, 4) is 0 Å². The van der Waals surface area contributed by atoms with Crippen molar-refractivity contribution in [1.29, 1.82) is 0 Å². The van der Waals surface area contributed by atoms with Crippen molar-refractivity contribution in [2.75, 3.05) is 5.75 Å². The van der Waals surface area contributed by atoms with Gasteiger partial charge in [0, 0.05) is 10.5 Å². The Kier molecular flexibility index (Phi) is 4.26. The number of hydrogen-bond acceptors (Lipinski definition) is 3. The Bertz CT molecular complexity index is 686. The first kappa shape index (κ1) is 14.9. The highest BCUT2D eigenvalue weighted by atomic mass is 79.9. The van der Waals surface area contributed by atoms with Crippen molar-refractivity contribution < 1.29 is 9.90 Å². The van der Waals surface area contributed by atoms with Crippen molar-refractivity contribution in [2.24, 2.45) is 5.92 Å². The van der Waals surface area contributed by atoms with Gasteiger partial charge in [-0.2, -0.15) is 0 Å². The Hall–Kier alpha value is -1.01. The molecule has 21 heavy (non-hydrogen) atoms. The van der Waals surface area contributed by atoms with E-state index in [9.17, 15) is 4.79 Å². The Morgan fingerprint density at radius 2 is 2.33 bits per heavy atom. The zero-order valence-electron chi connectivity index (χ0n) is 11.8. The number of carbonyl (C=O) groups is 1. The maximum Gasteiger partial charge on any atom is 0.313 e. The summed E-state index contributed by atoms with van der Waals surface area (Å²) < 4.78 is 3.27. The van der Waals surface area contributed by atoms with Crippen LogP contribution in [0.4, 0.5) is 0 Å². The largest absolute Gasteiger partial charge is 0.481 e. The van der Waals surface area contributed by atoms with Gasteiger partial charge in [-0.1, -0.05) is 34.6 Å². The normalized spacial score (nSPS) is 22.0. The van der Waals surface area contributed by atoms with E-state index in [2.05, 4.69) is 38.5 Å². The molecule has 1 heterocycles. The van der Waals surface area contributed by atoms with Gasteiger partial charge < -0.3 is 9.67 Å². The van der Waals surface area contributed by atoms with Crippen molar-refractivity contribution in [3.63, 3.8) is 0 Å². The summed E-state index contributed by atoms with van der Waals surface area (Å²) in [5.74, 6) is -0.0382. The highest BCUT2D eigenvalue weighted by Gasteiger charge is 2.27. The second-order valence-corrected chi connectivity index (χ2v) is 7.51. The van der Waals surface area contributed by atoms with Crippen LogP contribution >= 0.6 is 27.7 Å². The monoisotopic (exact) mass is 368 g/mol. The Morgan fingerprint density at radius 1 is 1.52 bits per heavy atom. The molecule has 6 heteroatoms. The molecule has 2 unspecified atom stereocenters. The number of nitrogens with zero attached hydrogens (tertiary/aromatic N) is 2. The number of aromatic nitrogens is 2. The van der Waals surface area contributed by atoms with Crippen LogP contribution in [-0.2, 0) is 4.79 Å². The minimum absolute atomic E-state index is 0.0484. The number of carboxylic acids is 1. The van der Waals surface area contributed by atoms with Gasteiger partial charge in [0.25, 0.3) is 0 Å². The molecule has 1 aliphatic rings. The first-order valence-electron chi connectivity index (χ1n) is 7.06. The zero-order chi connectivity index (χ0) is 15.0. The van der Waals surface area contributed by atoms with E-state index in [0.717, 1.165) is 39.4 Å². The van der Waals surface area contributed by atoms with Gasteiger partial charge >= 0.3 is 5.97 Å². The summed E-state index contributed by atoms with van der Waals surface area (Å²) in [6.07, 6.45) is 3.50. The van der Waals surface area contributed by atoms with E-state index in [0.29, 0.717) is 6.04 Å². The van der Waals surface area contributed by atoms with Crippen LogP contribution in [0.25, 0.3) is 11.0 Å². The molecule has 4 nitrogen and oxygen atoms in total. The molecular weight excluding hydrogens is 352 g/mol.